The highest BCUT2D eigenvalue weighted by molar-refractivity contribution is 6.16. The van der Waals surface area contributed by atoms with Crippen molar-refractivity contribution in [2.45, 2.75) is 46.0 Å². The molecule has 5 rings (SSSR count). The number of rotatable bonds is 6. The number of hydrogen-bond acceptors (Lipinski definition) is 5. The zero-order valence-electron chi connectivity index (χ0n) is 18.4. The first-order valence-corrected chi connectivity index (χ1v) is 10.9. The van der Waals surface area contributed by atoms with E-state index in [9.17, 15) is 4.79 Å². The SMILES string of the molecule is Cc1nc2ccccc2c2c(NC(=O)CCCc3nc(C(C)C)no3)c3ccccc3n12. The summed E-state index contributed by atoms with van der Waals surface area (Å²) >= 11 is 0. The van der Waals surface area contributed by atoms with Gasteiger partial charge in [-0.25, -0.2) is 4.98 Å². The number of fused-ring (bicyclic) bond motifs is 5. The number of nitrogens with one attached hydrogen (secondary N) is 1. The number of anilines is 1. The molecular weight excluding hydrogens is 402 g/mol. The maximum Gasteiger partial charge on any atom is 0.226 e. The molecule has 0 aliphatic heterocycles. The summed E-state index contributed by atoms with van der Waals surface area (Å²) in [5, 5.41) is 9.18. The van der Waals surface area contributed by atoms with Gasteiger partial charge in [-0.05, 0) is 25.5 Å². The summed E-state index contributed by atoms with van der Waals surface area (Å²) in [6.07, 6.45) is 1.58. The van der Waals surface area contributed by atoms with E-state index in [1.807, 2.05) is 63.2 Å². The van der Waals surface area contributed by atoms with Crippen molar-refractivity contribution in [2.75, 3.05) is 5.32 Å². The maximum atomic E-state index is 12.9. The molecule has 5 aromatic rings. The maximum absolute atomic E-state index is 12.9. The Bertz CT molecular complexity index is 1450. The predicted molar refractivity (Wildman–Crippen MR) is 125 cm³/mol. The molecule has 0 saturated carbocycles. The molecule has 0 fully saturated rings. The monoisotopic (exact) mass is 427 g/mol. The first-order valence-electron chi connectivity index (χ1n) is 10.9. The largest absolute Gasteiger partial charge is 0.339 e. The fourth-order valence-corrected chi connectivity index (χ4v) is 4.16. The highest BCUT2D eigenvalue weighted by atomic mass is 16.5. The highest BCUT2D eigenvalue weighted by Gasteiger charge is 2.18. The average Bonchev–Trinajstić information content (AvgIpc) is 3.38. The predicted octanol–water partition coefficient (Wildman–Crippen LogP) is 5.42. The zero-order chi connectivity index (χ0) is 22.2. The number of carbonyl (C=O) groups excluding carboxylic acids is 1. The van der Waals surface area contributed by atoms with E-state index >= 15 is 0 Å². The molecule has 0 radical (unpaired) electrons. The van der Waals surface area contributed by atoms with Crippen LogP contribution in [0.1, 0.15) is 50.1 Å². The van der Waals surface area contributed by atoms with Crippen LogP contribution in [0.4, 0.5) is 5.69 Å². The Hall–Kier alpha value is -3.74. The Kier molecular flexibility index (Phi) is 5.09. The Balaban J connectivity index is 1.45. The summed E-state index contributed by atoms with van der Waals surface area (Å²) in [7, 11) is 0. The van der Waals surface area contributed by atoms with Crippen molar-refractivity contribution in [3.05, 3.63) is 66.1 Å². The van der Waals surface area contributed by atoms with Gasteiger partial charge < -0.3 is 9.84 Å². The van der Waals surface area contributed by atoms with Gasteiger partial charge in [-0.1, -0.05) is 55.4 Å². The summed E-state index contributed by atoms with van der Waals surface area (Å²) < 4.78 is 7.41. The Labute approximate surface area is 185 Å². The van der Waals surface area contributed by atoms with E-state index in [0.717, 1.165) is 38.8 Å². The lowest BCUT2D eigenvalue weighted by Crippen LogP contribution is -2.12. The molecule has 7 nitrogen and oxygen atoms in total. The molecule has 3 aromatic heterocycles. The van der Waals surface area contributed by atoms with E-state index in [1.54, 1.807) is 0 Å². The molecule has 3 heterocycles. The van der Waals surface area contributed by atoms with Gasteiger partial charge in [0.15, 0.2) is 5.82 Å². The molecule has 0 saturated heterocycles. The van der Waals surface area contributed by atoms with Crippen molar-refractivity contribution in [2.24, 2.45) is 0 Å². The first-order chi connectivity index (χ1) is 15.5. The molecular formula is C25H25N5O2. The Morgan fingerprint density at radius 2 is 1.81 bits per heavy atom. The number of aryl methyl sites for hydroxylation is 2. The number of benzene rings is 2. The fourth-order valence-electron chi connectivity index (χ4n) is 4.16. The van der Waals surface area contributed by atoms with Crippen molar-refractivity contribution in [1.82, 2.24) is 19.5 Å². The quantitative estimate of drug-likeness (QED) is 0.391. The van der Waals surface area contributed by atoms with E-state index < -0.39 is 0 Å². The molecule has 0 spiro atoms. The summed E-state index contributed by atoms with van der Waals surface area (Å²) in [5.74, 6) is 2.35. The first kappa shape index (κ1) is 20.2. The lowest BCUT2D eigenvalue weighted by molar-refractivity contribution is -0.116. The van der Waals surface area contributed by atoms with Gasteiger partial charge in [0.2, 0.25) is 11.8 Å². The van der Waals surface area contributed by atoms with Gasteiger partial charge in [-0.3, -0.25) is 9.20 Å². The molecule has 0 unspecified atom stereocenters. The Morgan fingerprint density at radius 3 is 2.59 bits per heavy atom. The minimum absolute atomic E-state index is 0.0367. The van der Waals surface area contributed by atoms with E-state index in [4.69, 9.17) is 9.51 Å². The highest BCUT2D eigenvalue weighted by Crippen LogP contribution is 2.36. The van der Waals surface area contributed by atoms with Crippen LogP contribution in [0.15, 0.2) is 53.1 Å². The fraction of sp³-hybridized carbons (Fsp3) is 0.280. The summed E-state index contributed by atoms with van der Waals surface area (Å²) in [4.78, 5) is 22.1. The van der Waals surface area contributed by atoms with Crippen LogP contribution in [-0.2, 0) is 11.2 Å². The van der Waals surface area contributed by atoms with Gasteiger partial charge in [0.05, 0.1) is 22.2 Å². The summed E-state index contributed by atoms with van der Waals surface area (Å²) in [5.41, 5.74) is 3.74. The lowest BCUT2D eigenvalue weighted by Gasteiger charge is -2.09. The van der Waals surface area contributed by atoms with Crippen molar-refractivity contribution in [3.63, 3.8) is 0 Å². The lowest BCUT2D eigenvalue weighted by atomic mass is 10.1. The third kappa shape index (κ3) is 3.49. The molecule has 1 N–H and O–H groups in total. The zero-order valence-corrected chi connectivity index (χ0v) is 18.4. The van der Waals surface area contributed by atoms with Gasteiger partial charge in [0.1, 0.15) is 5.82 Å². The van der Waals surface area contributed by atoms with Crippen LogP contribution < -0.4 is 5.32 Å². The van der Waals surface area contributed by atoms with E-state index in [2.05, 4.69) is 25.9 Å². The van der Waals surface area contributed by atoms with Gasteiger partial charge in [-0.15, -0.1) is 0 Å². The normalized spacial score (nSPS) is 11.8. The second-order valence-corrected chi connectivity index (χ2v) is 8.36. The summed E-state index contributed by atoms with van der Waals surface area (Å²) in [6, 6.07) is 16.1. The van der Waals surface area contributed by atoms with E-state index in [-0.39, 0.29) is 11.8 Å². The second-order valence-electron chi connectivity index (χ2n) is 8.36. The van der Waals surface area contributed by atoms with Crippen LogP contribution in [0.25, 0.3) is 27.3 Å². The Morgan fingerprint density at radius 1 is 1.06 bits per heavy atom. The van der Waals surface area contributed by atoms with Crippen LogP contribution >= 0.6 is 0 Å². The average molecular weight is 428 g/mol. The number of carbonyl (C=O) groups is 1. The standard InChI is InChI=1S/C25H25N5O2/c1-15(2)25-28-22(32-29-25)14-8-13-21(31)27-23-18-10-5-7-12-20(18)30-16(3)26-19-11-6-4-9-17(19)24(23)30/h4-7,9-12,15H,8,13-14H2,1-3H3,(H,27,31). The minimum atomic E-state index is -0.0367. The van der Waals surface area contributed by atoms with Crippen LogP contribution in [0.3, 0.4) is 0 Å². The van der Waals surface area contributed by atoms with Crippen LogP contribution in [-0.4, -0.2) is 25.4 Å². The molecule has 32 heavy (non-hydrogen) atoms. The summed E-state index contributed by atoms with van der Waals surface area (Å²) in [6.45, 7) is 6.04. The van der Waals surface area contributed by atoms with Gasteiger partial charge in [0, 0.05) is 29.5 Å². The smallest absolute Gasteiger partial charge is 0.226 e. The van der Waals surface area contributed by atoms with Crippen molar-refractivity contribution in [1.29, 1.82) is 0 Å². The third-order valence-electron chi connectivity index (χ3n) is 5.70. The number of nitrogens with zero attached hydrogens (tertiary/aromatic N) is 4. The third-order valence-corrected chi connectivity index (χ3v) is 5.70. The molecule has 0 aliphatic rings. The number of hydrogen-bond donors (Lipinski definition) is 1. The van der Waals surface area contributed by atoms with E-state index in [0.29, 0.717) is 31.0 Å². The minimum Gasteiger partial charge on any atom is -0.339 e. The molecule has 0 atom stereocenters. The van der Waals surface area contributed by atoms with Gasteiger partial charge in [0.25, 0.3) is 0 Å². The molecule has 0 bridgehead atoms. The molecule has 2 aromatic carbocycles. The second kappa shape index (κ2) is 8.07. The van der Waals surface area contributed by atoms with Crippen molar-refractivity contribution in [3.8, 4) is 0 Å². The van der Waals surface area contributed by atoms with Crippen LogP contribution in [0.2, 0.25) is 0 Å². The molecule has 162 valence electrons. The van der Waals surface area contributed by atoms with Crippen LogP contribution in [0, 0.1) is 6.92 Å². The van der Waals surface area contributed by atoms with Crippen molar-refractivity contribution < 1.29 is 9.32 Å². The van der Waals surface area contributed by atoms with Gasteiger partial charge in [-0.2, -0.15) is 4.98 Å². The van der Waals surface area contributed by atoms with Crippen molar-refractivity contribution >= 4 is 38.9 Å². The molecule has 7 heteroatoms. The topological polar surface area (TPSA) is 85.3 Å². The number of para-hydroxylation sites is 2. The molecule has 1 amide bonds. The molecule has 0 aliphatic carbocycles. The number of amides is 1. The van der Waals surface area contributed by atoms with E-state index in [1.165, 1.54) is 0 Å². The number of aromatic nitrogens is 4. The van der Waals surface area contributed by atoms with Crippen LogP contribution in [0.5, 0.6) is 0 Å². The van der Waals surface area contributed by atoms with Gasteiger partial charge >= 0.3 is 0 Å².